The van der Waals surface area contributed by atoms with Crippen molar-refractivity contribution in [2.24, 2.45) is 11.7 Å². The Morgan fingerprint density at radius 1 is 1.06 bits per heavy atom. The fraction of sp³-hybridized carbons (Fsp3) is 0.542. The van der Waals surface area contributed by atoms with Crippen LogP contribution in [0.15, 0.2) is 30.3 Å². The zero-order valence-corrected chi connectivity index (χ0v) is 20.0. The average molecular weight is 491 g/mol. The number of carbonyl (C=O) groups excluding carboxylic acids is 3. The Morgan fingerprint density at radius 3 is 2.29 bits per heavy atom. The van der Waals surface area contributed by atoms with Crippen LogP contribution in [0.5, 0.6) is 0 Å². The number of benzene rings is 1. The highest BCUT2D eigenvalue weighted by molar-refractivity contribution is 5.94. The molecule has 0 bridgehead atoms. The first-order valence-electron chi connectivity index (χ1n) is 11.7. The van der Waals surface area contributed by atoms with Crippen molar-refractivity contribution in [3.8, 4) is 0 Å². The molecule has 1 aliphatic rings. The van der Waals surface area contributed by atoms with Crippen molar-refractivity contribution in [1.29, 1.82) is 0 Å². The lowest BCUT2D eigenvalue weighted by atomic mass is 10.0. The Hall–Kier alpha value is -3.47. The first kappa shape index (κ1) is 27.8. The summed E-state index contributed by atoms with van der Waals surface area (Å²) < 4.78 is 0. The van der Waals surface area contributed by atoms with E-state index in [4.69, 9.17) is 10.8 Å². The molecule has 1 fully saturated rings. The van der Waals surface area contributed by atoms with E-state index in [2.05, 4.69) is 10.6 Å². The maximum atomic E-state index is 13.0. The molecule has 1 heterocycles. The molecule has 1 aliphatic heterocycles. The Balaban J connectivity index is 2.13. The lowest BCUT2D eigenvalue weighted by Crippen LogP contribution is -2.57. The molecule has 0 aliphatic carbocycles. The summed E-state index contributed by atoms with van der Waals surface area (Å²) in [5.74, 6) is -4.33. The van der Waals surface area contributed by atoms with E-state index in [9.17, 15) is 29.1 Å². The number of nitrogens with one attached hydrogen (secondary N) is 2. The van der Waals surface area contributed by atoms with E-state index in [-0.39, 0.29) is 24.7 Å². The molecular formula is C24H34N4O7. The number of likely N-dealkylation sites (tertiary alicyclic amines) is 1. The zero-order chi connectivity index (χ0) is 26.1. The number of rotatable bonds is 12. The quantitative estimate of drug-likeness (QED) is 0.274. The smallest absolute Gasteiger partial charge is 0.326 e. The largest absolute Gasteiger partial charge is 0.481 e. The minimum Gasteiger partial charge on any atom is -0.481 e. The molecule has 1 saturated heterocycles. The van der Waals surface area contributed by atoms with Crippen molar-refractivity contribution < 1.29 is 34.2 Å². The summed E-state index contributed by atoms with van der Waals surface area (Å²) in [5.41, 5.74) is 6.66. The van der Waals surface area contributed by atoms with Gasteiger partial charge in [0.05, 0.1) is 6.04 Å². The summed E-state index contributed by atoms with van der Waals surface area (Å²) in [7, 11) is 0. The molecule has 35 heavy (non-hydrogen) atoms. The maximum Gasteiger partial charge on any atom is 0.326 e. The Bertz CT molecular complexity index is 922. The molecule has 6 N–H and O–H groups in total. The van der Waals surface area contributed by atoms with Crippen molar-refractivity contribution in [3.63, 3.8) is 0 Å². The van der Waals surface area contributed by atoms with Crippen LogP contribution in [0.1, 0.15) is 45.1 Å². The number of hydrogen-bond acceptors (Lipinski definition) is 6. The van der Waals surface area contributed by atoms with Gasteiger partial charge in [-0.25, -0.2) is 4.79 Å². The highest BCUT2D eigenvalue weighted by Crippen LogP contribution is 2.20. The lowest BCUT2D eigenvalue weighted by Gasteiger charge is -2.29. The molecule has 1 aromatic rings. The van der Waals surface area contributed by atoms with Crippen LogP contribution in [-0.4, -0.2) is 75.5 Å². The third-order valence-corrected chi connectivity index (χ3v) is 6.02. The van der Waals surface area contributed by atoms with Gasteiger partial charge in [-0.3, -0.25) is 19.2 Å². The third-order valence-electron chi connectivity index (χ3n) is 6.02. The number of carbonyl (C=O) groups is 5. The summed E-state index contributed by atoms with van der Waals surface area (Å²) in [6.07, 6.45) is 0.316. The first-order valence-corrected chi connectivity index (χ1v) is 11.7. The van der Waals surface area contributed by atoms with E-state index in [0.29, 0.717) is 24.9 Å². The Labute approximate surface area is 204 Å². The van der Waals surface area contributed by atoms with Gasteiger partial charge in [0.15, 0.2) is 0 Å². The van der Waals surface area contributed by atoms with Crippen LogP contribution in [-0.2, 0) is 30.4 Å². The molecule has 11 heteroatoms. The van der Waals surface area contributed by atoms with Gasteiger partial charge in [0.1, 0.15) is 18.1 Å². The van der Waals surface area contributed by atoms with Crippen molar-refractivity contribution in [2.45, 2.75) is 70.1 Å². The van der Waals surface area contributed by atoms with Crippen LogP contribution in [0, 0.1) is 5.92 Å². The Morgan fingerprint density at radius 2 is 1.71 bits per heavy atom. The topological polar surface area (TPSA) is 179 Å². The third kappa shape index (κ3) is 8.06. The summed E-state index contributed by atoms with van der Waals surface area (Å²) in [4.78, 5) is 63.0. The van der Waals surface area contributed by atoms with Gasteiger partial charge in [-0.2, -0.15) is 0 Å². The van der Waals surface area contributed by atoms with Gasteiger partial charge in [0.2, 0.25) is 17.7 Å². The van der Waals surface area contributed by atoms with Crippen molar-refractivity contribution in [3.05, 3.63) is 35.9 Å². The second-order valence-corrected chi connectivity index (χ2v) is 9.04. The average Bonchev–Trinajstić information content (AvgIpc) is 3.30. The van der Waals surface area contributed by atoms with Crippen LogP contribution in [0.2, 0.25) is 0 Å². The van der Waals surface area contributed by atoms with E-state index in [1.165, 1.54) is 4.90 Å². The van der Waals surface area contributed by atoms with E-state index in [1.807, 2.05) is 0 Å². The summed E-state index contributed by atoms with van der Waals surface area (Å²) in [6.45, 7) is 3.95. The van der Waals surface area contributed by atoms with Crippen LogP contribution >= 0.6 is 0 Å². The molecule has 2 rings (SSSR count). The molecule has 4 unspecified atom stereocenters. The molecule has 11 nitrogen and oxygen atoms in total. The fourth-order valence-corrected chi connectivity index (χ4v) is 3.91. The van der Waals surface area contributed by atoms with Gasteiger partial charge in [-0.1, -0.05) is 44.2 Å². The number of amides is 3. The van der Waals surface area contributed by atoms with Gasteiger partial charge in [0.25, 0.3) is 0 Å². The van der Waals surface area contributed by atoms with Crippen molar-refractivity contribution in [2.75, 3.05) is 6.54 Å². The summed E-state index contributed by atoms with van der Waals surface area (Å²) in [6, 6.07) is 4.53. The second kappa shape index (κ2) is 12.8. The van der Waals surface area contributed by atoms with Crippen LogP contribution in [0.4, 0.5) is 0 Å². The molecule has 192 valence electrons. The fourth-order valence-electron chi connectivity index (χ4n) is 3.91. The molecule has 0 spiro atoms. The highest BCUT2D eigenvalue weighted by atomic mass is 16.4. The van der Waals surface area contributed by atoms with Gasteiger partial charge >= 0.3 is 11.9 Å². The number of nitrogens with zero attached hydrogens (tertiary/aromatic N) is 1. The minimum atomic E-state index is -1.28. The SMILES string of the molecule is CC(C)C(N)C(=O)N1CCCC1C(=O)NC(CCC(=O)O)C(=O)NC(Cc1ccccc1)C(=O)O. The molecule has 3 amide bonds. The predicted molar refractivity (Wildman–Crippen MR) is 126 cm³/mol. The van der Waals surface area contributed by atoms with Gasteiger partial charge in [-0.05, 0) is 30.7 Å². The van der Waals surface area contributed by atoms with Crippen molar-refractivity contribution in [1.82, 2.24) is 15.5 Å². The molecule has 4 atom stereocenters. The molecule has 1 aromatic carbocycles. The monoisotopic (exact) mass is 490 g/mol. The van der Waals surface area contributed by atoms with Gasteiger partial charge < -0.3 is 31.5 Å². The standard InChI is InChI=1S/C24H34N4O7/c1-14(2)20(25)23(33)28-12-6-9-18(28)22(32)26-16(10-11-19(29)30)21(31)27-17(24(34)35)13-15-7-4-3-5-8-15/h3-5,7-8,14,16-18,20H,6,9-13,25H2,1-2H3,(H,26,32)(H,27,31)(H,29,30)(H,34,35). The zero-order valence-electron chi connectivity index (χ0n) is 20.0. The Kier molecular flexibility index (Phi) is 10.2. The van der Waals surface area contributed by atoms with E-state index in [0.717, 1.165) is 0 Å². The molecular weight excluding hydrogens is 456 g/mol. The first-order chi connectivity index (χ1) is 16.5. The number of nitrogens with two attached hydrogens (primary N) is 1. The van der Waals surface area contributed by atoms with Gasteiger partial charge in [-0.15, -0.1) is 0 Å². The normalized spacial score (nSPS) is 17.9. The molecule has 0 radical (unpaired) electrons. The minimum absolute atomic E-state index is 0.0134. The summed E-state index contributed by atoms with van der Waals surface area (Å²) in [5, 5.41) is 23.6. The van der Waals surface area contributed by atoms with E-state index >= 15 is 0 Å². The second-order valence-electron chi connectivity index (χ2n) is 9.04. The van der Waals surface area contributed by atoms with Gasteiger partial charge in [0, 0.05) is 19.4 Å². The number of hydrogen-bond donors (Lipinski definition) is 5. The maximum absolute atomic E-state index is 13.0. The number of carboxylic acid groups (broad SMARTS) is 2. The van der Waals surface area contributed by atoms with Crippen LogP contribution in [0.25, 0.3) is 0 Å². The lowest BCUT2D eigenvalue weighted by molar-refractivity contribution is -0.143. The van der Waals surface area contributed by atoms with Crippen LogP contribution < -0.4 is 16.4 Å². The summed E-state index contributed by atoms with van der Waals surface area (Å²) >= 11 is 0. The number of carboxylic acids is 2. The molecule has 0 aromatic heterocycles. The highest BCUT2D eigenvalue weighted by Gasteiger charge is 2.38. The van der Waals surface area contributed by atoms with E-state index < -0.39 is 54.3 Å². The predicted octanol–water partition coefficient (Wildman–Crippen LogP) is 0.122. The van der Waals surface area contributed by atoms with Crippen LogP contribution in [0.3, 0.4) is 0 Å². The van der Waals surface area contributed by atoms with Crippen molar-refractivity contribution >= 4 is 29.7 Å². The number of aliphatic carboxylic acids is 2. The van der Waals surface area contributed by atoms with E-state index in [1.54, 1.807) is 44.2 Å². The molecule has 0 saturated carbocycles.